The molecule has 9 rings (SSSR count). The molecule has 0 saturated heterocycles. The highest BCUT2D eigenvalue weighted by atomic mass is 28.3. The lowest BCUT2D eigenvalue weighted by molar-refractivity contribution is 0.0687. The maximum atomic E-state index is 13.5. The fourth-order valence-electron chi connectivity index (χ4n) is 12.9. The van der Waals surface area contributed by atoms with E-state index in [2.05, 4.69) is 141 Å². The quantitative estimate of drug-likeness (QED) is 0.0259. The number of benzene rings is 8. The normalized spacial score (nSPS) is 14.1. The van der Waals surface area contributed by atoms with E-state index >= 15 is 0 Å². The molecule has 0 spiro atoms. The molecule has 0 aromatic heterocycles. The number of hydrogen-bond acceptors (Lipinski definition) is 6. The van der Waals surface area contributed by atoms with Crippen LogP contribution < -0.4 is 0 Å². The van der Waals surface area contributed by atoms with Gasteiger partial charge in [0.05, 0.1) is 23.2 Å². The second kappa shape index (κ2) is 33.9. The molecule has 0 aliphatic heterocycles. The number of carboxylic acid groups (broad SMARTS) is 2. The van der Waals surface area contributed by atoms with E-state index in [-0.39, 0.29) is 34.7 Å². The summed E-state index contributed by atoms with van der Waals surface area (Å²) in [4.78, 5) is 37.5. The minimum Gasteiger partial charge on any atom is -0.507 e. The summed E-state index contributed by atoms with van der Waals surface area (Å²) in [6.07, 6.45) is 17.5. The van der Waals surface area contributed by atoms with Crippen LogP contribution in [0.1, 0.15) is 211 Å². The zero-order valence-corrected chi connectivity index (χ0v) is 64.6. The van der Waals surface area contributed by atoms with Gasteiger partial charge in [-0.2, -0.15) is 0 Å². The summed E-state index contributed by atoms with van der Waals surface area (Å²) in [5, 5.41) is 46.3. The number of phenols is 2. The number of nitrogens with zero attached hydrogens (tertiary/aromatic N) is 2. The maximum absolute atomic E-state index is 13.5. The third-order valence-corrected chi connectivity index (χ3v) is 20.2. The van der Waals surface area contributed by atoms with Gasteiger partial charge in [-0.25, -0.2) is 9.59 Å². The third kappa shape index (κ3) is 20.5. The average molecular weight is 1390 g/mol. The van der Waals surface area contributed by atoms with Crippen molar-refractivity contribution in [2.45, 2.75) is 207 Å². The molecule has 1 aliphatic rings. The summed E-state index contributed by atoms with van der Waals surface area (Å²) in [7, 11) is -3.23. The molecule has 8 aromatic carbocycles. The predicted octanol–water partition coefficient (Wildman–Crippen LogP) is 23.0. The van der Waals surface area contributed by atoms with Crippen LogP contribution in [-0.4, -0.2) is 73.0 Å². The van der Waals surface area contributed by atoms with Crippen molar-refractivity contribution in [3.63, 3.8) is 0 Å². The molecule has 0 heterocycles. The highest BCUT2D eigenvalue weighted by molar-refractivity contribution is 6.84. The van der Waals surface area contributed by atoms with Crippen LogP contribution in [-0.2, 0) is 10.8 Å². The van der Waals surface area contributed by atoms with Gasteiger partial charge < -0.3 is 20.4 Å². The average Bonchev–Trinajstić information content (AvgIpc) is 0.788. The molecule has 0 amide bonds. The van der Waals surface area contributed by atoms with E-state index in [0.717, 1.165) is 155 Å². The highest BCUT2D eigenvalue weighted by Gasteiger charge is 2.28. The first-order chi connectivity index (χ1) is 48.5. The Labute approximate surface area is 610 Å². The van der Waals surface area contributed by atoms with Gasteiger partial charge >= 0.3 is 11.9 Å². The summed E-state index contributed by atoms with van der Waals surface area (Å²) < 4.78 is 0. The van der Waals surface area contributed by atoms with E-state index in [4.69, 9.17) is 9.98 Å². The van der Waals surface area contributed by atoms with Gasteiger partial charge in [0.2, 0.25) is 0 Å². The number of unbranched alkanes of at least 4 members (excludes halogenated alkanes) is 8. The summed E-state index contributed by atoms with van der Waals surface area (Å²) in [6.45, 7) is 30.2. The highest BCUT2D eigenvalue weighted by Crippen LogP contribution is 2.42. The first-order valence-electron chi connectivity index (χ1n) is 36.6. The smallest absolute Gasteiger partial charge is 0.336 e. The largest absolute Gasteiger partial charge is 0.507 e. The van der Waals surface area contributed by atoms with Gasteiger partial charge in [-0.05, 0) is 176 Å². The van der Waals surface area contributed by atoms with Crippen LogP contribution in [0.3, 0.4) is 0 Å². The molecule has 0 radical (unpaired) electrons. The summed E-state index contributed by atoms with van der Waals surface area (Å²) >= 11 is 0. The van der Waals surface area contributed by atoms with Gasteiger partial charge in [0.1, 0.15) is 27.6 Å². The first-order valence-corrected chi connectivity index (χ1v) is 43.6. The van der Waals surface area contributed by atoms with Crippen LogP contribution in [0.15, 0.2) is 156 Å². The van der Waals surface area contributed by atoms with E-state index < -0.39 is 38.9 Å². The lowest BCUT2D eigenvalue weighted by Gasteiger charge is -2.26. The number of aromatic carboxylic acids is 2. The minimum absolute atomic E-state index is 0.160. The van der Waals surface area contributed by atoms with Crippen LogP contribution in [0.25, 0.3) is 66.8 Å². The summed E-state index contributed by atoms with van der Waals surface area (Å²) in [6, 6.07) is 46.9. The lowest BCUT2D eigenvalue weighted by atomic mass is 9.83. The zero-order valence-electron chi connectivity index (χ0n) is 62.6. The second-order valence-corrected chi connectivity index (χ2v) is 40.9. The van der Waals surface area contributed by atoms with Crippen molar-refractivity contribution in [2.75, 3.05) is 0 Å². The molecule has 8 nitrogen and oxygen atoms in total. The van der Waals surface area contributed by atoms with Crippen molar-refractivity contribution in [2.24, 2.45) is 9.98 Å². The molecule has 2 unspecified atom stereocenters. The molecule has 102 heavy (non-hydrogen) atoms. The number of aromatic hydroxyl groups is 2. The Bertz CT molecular complexity index is 4380. The van der Waals surface area contributed by atoms with E-state index in [1.54, 1.807) is 12.4 Å². The molecule has 4 N–H and O–H groups in total. The monoisotopic (exact) mass is 1390 g/mol. The zero-order chi connectivity index (χ0) is 73.5. The van der Waals surface area contributed by atoms with E-state index in [1.165, 1.54) is 12.8 Å². The standard InChI is InChI=1S/C92H102N2O6Si2/c1-15-17-19-21-23-25-29-65-53-77(69-37-33-63(34-38-69)49-51-101(9,10)11)85(89(97)98)79(55-65)71-45-41-67(42-46-71)73-57-75(87(95)81(59-73)91(3,4)5)61-93-83-31-27-28-32-84(83)94-62-76-58-74(60-82(88(76)96)92(6,7)8)68-43-47-72(48-44-68)80-56-66(30-26-24-22-20-18-16-2)54-78(86(80)90(99)100)70-39-35-64(36-40-70)50-52-102(12,13)14/h33-48,53-62,83-84,95-96H,15-24,27-28,31-32H2,1-14H3,(H,97,98)(H,99,100). The van der Waals surface area contributed by atoms with Crippen molar-refractivity contribution in [1.29, 1.82) is 0 Å². The Kier molecular flexibility index (Phi) is 25.4. The molecule has 0 bridgehead atoms. The lowest BCUT2D eigenvalue weighted by Crippen LogP contribution is -2.27. The number of phenolic OH excluding ortho intramolecular Hbond substituents is 2. The van der Waals surface area contributed by atoms with E-state index in [1.807, 2.05) is 146 Å². The van der Waals surface area contributed by atoms with Crippen molar-refractivity contribution in [3.8, 4) is 125 Å². The van der Waals surface area contributed by atoms with Crippen molar-refractivity contribution in [3.05, 3.63) is 201 Å². The second-order valence-electron chi connectivity index (χ2n) is 31.4. The number of carboxylic acids is 2. The van der Waals surface area contributed by atoms with Crippen LogP contribution in [0, 0.1) is 46.6 Å². The molecular weight excluding hydrogens is 1290 g/mol. The van der Waals surface area contributed by atoms with E-state index in [0.29, 0.717) is 33.4 Å². The van der Waals surface area contributed by atoms with Crippen molar-refractivity contribution >= 4 is 40.5 Å². The summed E-state index contributed by atoms with van der Waals surface area (Å²) in [5.41, 5.74) is 21.3. The van der Waals surface area contributed by atoms with Crippen molar-refractivity contribution < 1.29 is 30.0 Å². The van der Waals surface area contributed by atoms with Gasteiger partial charge in [0.25, 0.3) is 0 Å². The van der Waals surface area contributed by atoms with Gasteiger partial charge in [-0.3, -0.25) is 9.98 Å². The van der Waals surface area contributed by atoms with Crippen LogP contribution in [0.5, 0.6) is 11.5 Å². The molecular formula is C92H102N2O6Si2. The molecule has 1 aliphatic carbocycles. The molecule has 1 fully saturated rings. The Morgan fingerprint density at radius 3 is 1.03 bits per heavy atom. The van der Waals surface area contributed by atoms with Crippen molar-refractivity contribution in [1.82, 2.24) is 0 Å². The van der Waals surface area contributed by atoms with Crippen LogP contribution in [0.4, 0.5) is 0 Å². The summed E-state index contributed by atoms with van der Waals surface area (Å²) in [5.74, 6) is 18.5. The minimum atomic E-state index is -1.62. The van der Waals surface area contributed by atoms with Gasteiger partial charge in [-0.1, -0.05) is 254 Å². The molecule has 10 heteroatoms. The SMILES string of the molecule is CCCCCCC#Cc1cc(-c2ccc(C#C[Si](C)(C)C)cc2)c(C(=O)O)c(-c2ccc(-c3cc(C=NC4CCCCC4N=Cc4cc(-c5ccc(-c6cc(C#CCCCCCC)cc(-c7ccc(C#C[Si](C)(C)C)cc7)c6C(=O)O)cc5)cc(C(C)(C)C)c4O)c(O)c(C(C)(C)C)c3)cc2)c1. The Morgan fingerprint density at radius 2 is 0.735 bits per heavy atom. The maximum Gasteiger partial charge on any atom is 0.336 e. The first kappa shape index (κ1) is 76.5. The number of carbonyl (C=O) groups is 2. The molecule has 2 atom stereocenters. The Balaban J connectivity index is 1.02. The molecule has 524 valence electrons. The third-order valence-electron chi connectivity index (χ3n) is 18.5. The fraction of sp³-hybridized carbons (Fsp3) is 0.348. The van der Waals surface area contributed by atoms with Gasteiger partial charge in [-0.15, -0.1) is 11.1 Å². The topological polar surface area (TPSA) is 140 Å². The number of aliphatic imine (C=N–C) groups is 2. The number of rotatable bonds is 20. The fourth-order valence-corrected chi connectivity index (χ4v) is 13.9. The number of hydrogen-bond donors (Lipinski definition) is 4. The van der Waals surface area contributed by atoms with Gasteiger partial charge in [0.15, 0.2) is 0 Å². The van der Waals surface area contributed by atoms with Crippen LogP contribution >= 0.6 is 0 Å². The van der Waals surface area contributed by atoms with Gasteiger partial charge in [0, 0.05) is 69.8 Å². The molecule has 8 aromatic rings. The predicted molar refractivity (Wildman–Crippen MR) is 433 cm³/mol. The van der Waals surface area contributed by atoms with E-state index in [9.17, 15) is 30.0 Å². The van der Waals surface area contributed by atoms with Crippen LogP contribution in [0.2, 0.25) is 39.3 Å². The molecule has 1 saturated carbocycles. The Hall–Kier alpha value is -9.69. The Morgan fingerprint density at radius 1 is 0.422 bits per heavy atom.